The summed E-state index contributed by atoms with van der Waals surface area (Å²) in [5.74, 6) is 1.28. The van der Waals surface area contributed by atoms with Crippen LogP contribution in [0.4, 0.5) is 0 Å². The van der Waals surface area contributed by atoms with Gasteiger partial charge < -0.3 is 19.5 Å². The van der Waals surface area contributed by atoms with E-state index in [4.69, 9.17) is 14.2 Å². The number of carbonyl (C=O) groups excluding carboxylic acids is 1. The molecule has 174 valence electrons. The highest BCUT2D eigenvalue weighted by molar-refractivity contribution is 7.17. The van der Waals surface area contributed by atoms with Gasteiger partial charge in [-0.1, -0.05) is 19.3 Å². The Morgan fingerprint density at radius 2 is 1.88 bits per heavy atom. The van der Waals surface area contributed by atoms with Crippen LogP contribution in [0, 0.1) is 6.92 Å². The molecule has 2 fully saturated rings. The van der Waals surface area contributed by atoms with Crippen LogP contribution in [0.1, 0.15) is 47.5 Å². The number of aryl methyl sites for hydroxylation is 1. The third-order valence-corrected chi connectivity index (χ3v) is 7.88. The summed E-state index contributed by atoms with van der Waals surface area (Å²) in [4.78, 5) is 21.1. The van der Waals surface area contributed by atoms with Gasteiger partial charge in [-0.05, 0) is 38.0 Å². The fourth-order valence-corrected chi connectivity index (χ4v) is 5.86. The normalized spacial score (nSPS) is 18.8. The van der Waals surface area contributed by atoms with E-state index in [1.54, 1.807) is 14.2 Å². The van der Waals surface area contributed by atoms with Crippen LogP contribution >= 0.6 is 11.3 Å². The highest BCUT2D eigenvalue weighted by Gasteiger charge is 2.39. The summed E-state index contributed by atoms with van der Waals surface area (Å²) in [6, 6.07) is 5.70. The SMILES string of the molecule is COc1ccc(-c2nc(C)c(C(=O)NCC3(N4CCOCC4)CCCCC3)s2)cc1OC. The lowest BCUT2D eigenvalue weighted by Gasteiger charge is -2.48. The number of nitrogens with one attached hydrogen (secondary N) is 1. The van der Waals surface area contributed by atoms with Crippen molar-refractivity contribution in [2.75, 3.05) is 47.1 Å². The molecule has 0 unspecified atom stereocenters. The molecular weight excluding hydrogens is 426 g/mol. The second-order valence-corrected chi connectivity index (χ2v) is 9.57. The molecule has 32 heavy (non-hydrogen) atoms. The molecule has 0 atom stereocenters. The Bertz CT molecular complexity index is 933. The number of amides is 1. The van der Waals surface area contributed by atoms with Crippen LogP contribution in [0.2, 0.25) is 0 Å². The number of benzene rings is 1. The number of carbonyl (C=O) groups is 1. The Balaban J connectivity index is 1.49. The molecule has 7 nitrogen and oxygen atoms in total. The van der Waals surface area contributed by atoms with E-state index < -0.39 is 0 Å². The van der Waals surface area contributed by atoms with Crippen LogP contribution < -0.4 is 14.8 Å². The molecule has 1 aromatic heterocycles. The third kappa shape index (κ3) is 4.77. The zero-order valence-corrected chi connectivity index (χ0v) is 20.1. The first-order valence-electron chi connectivity index (χ1n) is 11.4. The van der Waals surface area contributed by atoms with E-state index in [0.717, 1.165) is 55.4 Å². The second kappa shape index (κ2) is 10.2. The predicted molar refractivity (Wildman–Crippen MR) is 126 cm³/mol. The predicted octanol–water partition coefficient (Wildman–Crippen LogP) is 3.90. The first-order valence-corrected chi connectivity index (χ1v) is 12.2. The molecule has 0 radical (unpaired) electrons. The van der Waals surface area contributed by atoms with Gasteiger partial charge in [0.2, 0.25) is 0 Å². The second-order valence-electron chi connectivity index (χ2n) is 8.57. The maximum Gasteiger partial charge on any atom is 0.263 e. The first kappa shape index (κ1) is 23.0. The molecule has 2 aromatic rings. The van der Waals surface area contributed by atoms with Crippen LogP contribution in [-0.4, -0.2) is 68.4 Å². The number of thiazole rings is 1. The number of nitrogens with zero attached hydrogens (tertiary/aromatic N) is 2. The Labute approximate surface area is 194 Å². The van der Waals surface area contributed by atoms with Crippen molar-refractivity contribution in [3.05, 3.63) is 28.8 Å². The molecule has 4 rings (SSSR count). The maximum absolute atomic E-state index is 13.2. The zero-order chi connectivity index (χ0) is 22.6. The lowest BCUT2D eigenvalue weighted by Crippen LogP contribution is -2.59. The molecular formula is C24H33N3O4S. The number of methoxy groups -OCH3 is 2. The number of aromatic nitrogens is 1. The summed E-state index contributed by atoms with van der Waals surface area (Å²) in [5.41, 5.74) is 1.70. The third-order valence-electron chi connectivity index (χ3n) is 6.68. The summed E-state index contributed by atoms with van der Waals surface area (Å²) < 4.78 is 16.3. The van der Waals surface area contributed by atoms with Gasteiger partial charge >= 0.3 is 0 Å². The van der Waals surface area contributed by atoms with Gasteiger partial charge in [-0.25, -0.2) is 4.98 Å². The van der Waals surface area contributed by atoms with Gasteiger partial charge in [0.25, 0.3) is 5.91 Å². The van der Waals surface area contributed by atoms with Crippen LogP contribution in [0.3, 0.4) is 0 Å². The van der Waals surface area contributed by atoms with Gasteiger partial charge in [0.1, 0.15) is 9.88 Å². The van der Waals surface area contributed by atoms with E-state index in [1.807, 2.05) is 25.1 Å². The molecule has 2 heterocycles. The molecule has 1 aliphatic heterocycles. The quantitative estimate of drug-likeness (QED) is 0.677. The number of ether oxygens (including phenoxy) is 3. The average molecular weight is 460 g/mol. The van der Waals surface area contributed by atoms with E-state index in [9.17, 15) is 4.79 Å². The summed E-state index contributed by atoms with van der Waals surface area (Å²) in [7, 11) is 3.23. The molecule has 0 spiro atoms. The number of hydrogen-bond donors (Lipinski definition) is 1. The summed E-state index contributed by atoms with van der Waals surface area (Å²) >= 11 is 1.42. The minimum absolute atomic E-state index is 0.0371. The zero-order valence-electron chi connectivity index (χ0n) is 19.2. The number of morpholine rings is 1. The van der Waals surface area contributed by atoms with Crippen molar-refractivity contribution < 1.29 is 19.0 Å². The van der Waals surface area contributed by atoms with E-state index in [-0.39, 0.29) is 11.4 Å². The van der Waals surface area contributed by atoms with E-state index in [2.05, 4.69) is 15.2 Å². The molecule has 1 N–H and O–H groups in total. The Morgan fingerprint density at radius 3 is 2.56 bits per heavy atom. The molecule has 1 saturated carbocycles. The van der Waals surface area contributed by atoms with E-state index in [0.29, 0.717) is 22.9 Å². The van der Waals surface area contributed by atoms with Crippen molar-refractivity contribution in [1.29, 1.82) is 0 Å². The van der Waals surface area contributed by atoms with Crippen molar-refractivity contribution in [3.63, 3.8) is 0 Å². The van der Waals surface area contributed by atoms with Crippen molar-refractivity contribution >= 4 is 17.2 Å². The molecule has 1 aliphatic carbocycles. The topological polar surface area (TPSA) is 72.9 Å². The number of hydrogen-bond acceptors (Lipinski definition) is 7. The van der Waals surface area contributed by atoms with Crippen molar-refractivity contribution in [2.24, 2.45) is 0 Å². The highest BCUT2D eigenvalue weighted by Crippen LogP contribution is 2.36. The van der Waals surface area contributed by atoms with Crippen molar-refractivity contribution in [1.82, 2.24) is 15.2 Å². The van der Waals surface area contributed by atoms with Crippen LogP contribution in [0.15, 0.2) is 18.2 Å². The molecule has 1 saturated heterocycles. The van der Waals surface area contributed by atoms with Gasteiger partial charge in [0.15, 0.2) is 11.5 Å². The summed E-state index contributed by atoms with van der Waals surface area (Å²) in [6.45, 7) is 6.01. The first-order chi connectivity index (χ1) is 15.6. The minimum atomic E-state index is -0.0371. The Hall–Kier alpha value is -2.16. The highest BCUT2D eigenvalue weighted by atomic mass is 32.1. The largest absolute Gasteiger partial charge is 0.493 e. The smallest absolute Gasteiger partial charge is 0.263 e. The monoisotopic (exact) mass is 459 g/mol. The molecule has 2 aliphatic rings. The number of rotatable bonds is 7. The van der Waals surface area contributed by atoms with E-state index >= 15 is 0 Å². The standard InChI is InChI=1S/C24H33N3O4S/c1-17-21(32-23(26-17)18-7-8-19(29-2)20(15-18)30-3)22(28)25-16-24(9-5-4-6-10-24)27-11-13-31-14-12-27/h7-8,15H,4-6,9-14,16H2,1-3H3,(H,25,28). The lowest BCUT2D eigenvalue weighted by molar-refractivity contribution is -0.0361. The van der Waals surface area contributed by atoms with Gasteiger partial charge in [-0.2, -0.15) is 0 Å². The fraction of sp³-hybridized carbons (Fsp3) is 0.583. The van der Waals surface area contributed by atoms with Gasteiger partial charge in [-0.15, -0.1) is 11.3 Å². The van der Waals surface area contributed by atoms with Crippen LogP contribution in [0.25, 0.3) is 10.6 Å². The van der Waals surface area contributed by atoms with Gasteiger partial charge in [0, 0.05) is 30.7 Å². The van der Waals surface area contributed by atoms with E-state index in [1.165, 1.54) is 30.6 Å². The lowest BCUT2D eigenvalue weighted by atomic mass is 9.79. The average Bonchev–Trinajstić information content (AvgIpc) is 3.25. The molecule has 0 bridgehead atoms. The fourth-order valence-electron chi connectivity index (χ4n) is 4.88. The van der Waals surface area contributed by atoms with Gasteiger partial charge in [-0.3, -0.25) is 9.69 Å². The summed E-state index contributed by atoms with van der Waals surface area (Å²) in [6.07, 6.45) is 5.98. The van der Waals surface area contributed by atoms with Crippen LogP contribution in [-0.2, 0) is 4.74 Å². The van der Waals surface area contributed by atoms with Gasteiger partial charge in [0.05, 0.1) is 33.1 Å². The van der Waals surface area contributed by atoms with Crippen molar-refractivity contribution in [2.45, 2.75) is 44.6 Å². The minimum Gasteiger partial charge on any atom is -0.493 e. The molecule has 1 aromatic carbocycles. The van der Waals surface area contributed by atoms with Crippen molar-refractivity contribution in [3.8, 4) is 22.1 Å². The Kier molecular flexibility index (Phi) is 7.33. The maximum atomic E-state index is 13.2. The Morgan fingerprint density at radius 1 is 1.16 bits per heavy atom. The molecule has 8 heteroatoms. The van der Waals surface area contributed by atoms with Crippen LogP contribution in [0.5, 0.6) is 11.5 Å². The summed E-state index contributed by atoms with van der Waals surface area (Å²) in [5, 5.41) is 4.06. The molecule has 1 amide bonds.